The lowest BCUT2D eigenvalue weighted by Gasteiger charge is -2.29. The Bertz CT molecular complexity index is 647. The molecule has 2 heterocycles. The fourth-order valence-corrected chi connectivity index (χ4v) is 4.22. The minimum atomic E-state index is -0.558. The highest BCUT2D eigenvalue weighted by Gasteiger charge is 2.39. The zero-order valence-corrected chi connectivity index (χ0v) is 14.0. The van der Waals surface area contributed by atoms with E-state index in [4.69, 9.17) is 0 Å². The van der Waals surface area contributed by atoms with Crippen molar-refractivity contribution >= 4 is 56.2 Å². The monoisotopic (exact) mass is 448 g/mol. The van der Waals surface area contributed by atoms with Crippen LogP contribution in [0, 0.1) is 3.57 Å². The van der Waals surface area contributed by atoms with E-state index in [2.05, 4.69) is 43.8 Å². The molecule has 1 N–H and O–H groups in total. The van der Waals surface area contributed by atoms with Crippen LogP contribution in [0.1, 0.15) is 28.8 Å². The molecule has 0 aromatic heterocycles. The van der Waals surface area contributed by atoms with Gasteiger partial charge in [0.1, 0.15) is 6.04 Å². The number of benzene rings is 1. The predicted molar refractivity (Wildman–Crippen MR) is 82.9 cm³/mol. The summed E-state index contributed by atoms with van der Waals surface area (Å²) in [6.07, 6.45) is 0.661. The molecule has 1 aromatic carbocycles. The fourth-order valence-electron chi connectivity index (χ4n) is 2.58. The van der Waals surface area contributed by atoms with Crippen molar-refractivity contribution in [3.8, 4) is 0 Å². The average molecular weight is 449 g/mol. The van der Waals surface area contributed by atoms with Gasteiger partial charge in [-0.15, -0.1) is 0 Å². The minimum Gasteiger partial charge on any atom is -0.322 e. The zero-order chi connectivity index (χ0) is 14.4. The summed E-state index contributed by atoms with van der Waals surface area (Å²) in [6, 6.07) is 3.22. The lowest BCUT2D eigenvalue weighted by atomic mass is 10.0. The highest BCUT2D eigenvalue weighted by Crippen LogP contribution is 2.33. The number of rotatable bonds is 1. The molecule has 5 nitrogen and oxygen atoms in total. The van der Waals surface area contributed by atoms with Crippen LogP contribution in [0.3, 0.4) is 0 Å². The van der Waals surface area contributed by atoms with E-state index in [9.17, 15) is 14.4 Å². The van der Waals surface area contributed by atoms with Gasteiger partial charge >= 0.3 is 0 Å². The van der Waals surface area contributed by atoms with Crippen molar-refractivity contribution in [2.75, 3.05) is 0 Å². The van der Waals surface area contributed by atoms with Crippen molar-refractivity contribution in [1.29, 1.82) is 0 Å². The van der Waals surface area contributed by atoms with Gasteiger partial charge in [-0.3, -0.25) is 19.7 Å². The summed E-state index contributed by atoms with van der Waals surface area (Å²) in [7, 11) is 0. The van der Waals surface area contributed by atoms with Gasteiger partial charge in [0.15, 0.2) is 0 Å². The van der Waals surface area contributed by atoms with Crippen molar-refractivity contribution in [3.05, 3.63) is 31.3 Å². The maximum Gasteiger partial charge on any atom is 0.255 e. The molecule has 1 aromatic rings. The van der Waals surface area contributed by atoms with Crippen molar-refractivity contribution < 1.29 is 14.4 Å². The SMILES string of the molecule is O=C1CCC(N2Cc3c(Br)cc(I)cc3C2=O)C(=O)N1. The molecule has 104 valence electrons. The Morgan fingerprint density at radius 3 is 2.75 bits per heavy atom. The molecular weight excluding hydrogens is 439 g/mol. The number of piperidine rings is 1. The van der Waals surface area contributed by atoms with Crippen LogP contribution in [0.2, 0.25) is 0 Å². The molecule has 0 spiro atoms. The van der Waals surface area contributed by atoms with E-state index in [1.807, 2.05) is 12.1 Å². The number of carbonyl (C=O) groups excluding carboxylic acids is 3. The second-order valence-corrected chi connectivity index (χ2v) is 6.91. The molecular formula is C13H10BrIN2O3. The maximum absolute atomic E-state index is 12.5. The number of amides is 3. The van der Waals surface area contributed by atoms with Gasteiger partial charge in [-0.1, -0.05) is 15.9 Å². The molecule has 0 radical (unpaired) electrons. The Kier molecular flexibility index (Phi) is 3.57. The largest absolute Gasteiger partial charge is 0.322 e. The van der Waals surface area contributed by atoms with Crippen LogP contribution in [0.4, 0.5) is 0 Å². The smallest absolute Gasteiger partial charge is 0.255 e. The average Bonchev–Trinajstić information content (AvgIpc) is 2.68. The Hall–Kier alpha value is -0.960. The summed E-state index contributed by atoms with van der Waals surface area (Å²) in [5.41, 5.74) is 1.54. The van der Waals surface area contributed by atoms with Gasteiger partial charge in [0, 0.05) is 26.6 Å². The van der Waals surface area contributed by atoms with Crippen LogP contribution in [0.5, 0.6) is 0 Å². The van der Waals surface area contributed by atoms with Crippen molar-refractivity contribution in [3.63, 3.8) is 0 Å². The standard InChI is InChI=1S/C13H10BrIN2O3/c14-9-4-6(15)3-7-8(9)5-17(13(7)20)10-1-2-11(18)16-12(10)19/h3-4,10H,1-2,5H2,(H,16,18,19). The number of hydrogen-bond acceptors (Lipinski definition) is 3. The molecule has 20 heavy (non-hydrogen) atoms. The molecule has 7 heteroatoms. The zero-order valence-electron chi connectivity index (χ0n) is 10.3. The molecule has 2 aliphatic heterocycles. The third kappa shape index (κ3) is 2.26. The van der Waals surface area contributed by atoms with E-state index >= 15 is 0 Å². The maximum atomic E-state index is 12.5. The number of fused-ring (bicyclic) bond motifs is 1. The lowest BCUT2D eigenvalue weighted by Crippen LogP contribution is -2.52. The number of hydrogen-bond donors (Lipinski definition) is 1. The van der Waals surface area contributed by atoms with Gasteiger partial charge in [0.05, 0.1) is 0 Å². The van der Waals surface area contributed by atoms with Crippen molar-refractivity contribution in [2.24, 2.45) is 0 Å². The van der Waals surface area contributed by atoms with E-state index in [1.54, 1.807) is 4.90 Å². The fraction of sp³-hybridized carbons (Fsp3) is 0.308. The highest BCUT2D eigenvalue weighted by atomic mass is 127. The summed E-state index contributed by atoms with van der Waals surface area (Å²) in [6.45, 7) is 0.401. The Labute approximate surface area is 137 Å². The van der Waals surface area contributed by atoms with Gasteiger partial charge in [-0.2, -0.15) is 0 Å². The van der Waals surface area contributed by atoms with E-state index in [1.165, 1.54) is 0 Å². The van der Waals surface area contributed by atoms with Gasteiger partial charge in [-0.25, -0.2) is 0 Å². The summed E-state index contributed by atoms with van der Waals surface area (Å²) < 4.78 is 1.84. The number of imide groups is 1. The number of halogens is 2. The van der Waals surface area contributed by atoms with E-state index in [0.717, 1.165) is 13.6 Å². The summed E-state index contributed by atoms with van der Waals surface area (Å²) in [5.74, 6) is -0.798. The number of nitrogens with zero attached hydrogens (tertiary/aromatic N) is 1. The Morgan fingerprint density at radius 2 is 2.05 bits per heavy atom. The Morgan fingerprint density at radius 1 is 1.30 bits per heavy atom. The molecule has 1 fully saturated rings. The first kappa shape index (κ1) is 14.0. The van der Waals surface area contributed by atoms with Crippen LogP contribution in [-0.2, 0) is 16.1 Å². The first-order chi connectivity index (χ1) is 9.47. The topological polar surface area (TPSA) is 66.5 Å². The molecule has 1 atom stereocenters. The van der Waals surface area contributed by atoms with Gasteiger partial charge in [0.25, 0.3) is 5.91 Å². The quantitative estimate of drug-likeness (QED) is 0.526. The van der Waals surface area contributed by atoms with Crippen LogP contribution < -0.4 is 5.32 Å². The van der Waals surface area contributed by atoms with Crippen LogP contribution in [0.25, 0.3) is 0 Å². The first-order valence-corrected chi connectivity index (χ1v) is 7.97. The van der Waals surface area contributed by atoms with E-state index < -0.39 is 6.04 Å². The molecule has 1 unspecified atom stereocenters. The Balaban J connectivity index is 1.92. The molecule has 1 saturated heterocycles. The van der Waals surface area contributed by atoms with Crippen molar-refractivity contribution in [2.45, 2.75) is 25.4 Å². The van der Waals surface area contributed by atoms with Gasteiger partial charge in [-0.05, 0) is 46.7 Å². The summed E-state index contributed by atoms with van der Waals surface area (Å²) in [4.78, 5) is 37.1. The van der Waals surface area contributed by atoms with Crippen LogP contribution in [0.15, 0.2) is 16.6 Å². The normalized spacial score (nSPS) is 22.0. The summed E-state index contributed by atoms with van der Waals surface area (Å²) in [5, 5.41) is 2.29. The van der Waals surface area contributed by atoms with Crippen LogP contribution >= 0.6 is 38.5 Å². The van der Waals surface area contributed by atoms with Crippen LogP contribution in [-0.4, -0.2) is 28.7 Å². The first-order valence-electron chi connectivity index (χ1n) is 6.10. The molecule has 3 rings (SSSR count). The van der Waals surface area contributed by atoms with E-state index in [-0.39, 0.29) is 24.1 Å². The lowest BCUT2D eigenvalue weighted by molar-refractivity contribution is -0.136. The second kappa shape index (κ2) is 5.10. The van der Waals surface area contributed by atoms with Crippen molar-refractivity contribution in [1.82, 2.24) is 10.2 Å². The molecule has 0 saturated carbocycles. The third-order valence-electron chi connectivity index (χ3n) is 3.57. The minimum absolute atomic E-state index is 0.145. The second-order valence-electron chi connectivity index (χ2n) is 4.81. The van der Waals surface area contributed by atoms with E-state index in [0.29, 0.717) is 18.5 Å². The highest BCUT2D eigenvalue weighted by molar-refractivity contribution is 14.1. The predicted octanol–water partition coefficient (Wildman–Crippen LogP) is 1.81. The molecule has 2 aliphatic rings. The van der Waals surface area contributed by atoms with Gasteiger partial charge < -0.3 is 4.90 Å². The van der Waals surface area contributed by atoms with Gasteiger partial charge in [0.2, 0.25) is 11.8 Å². The molecule has 3 amide bonds. The number of carbonyl (C=O) groups is 3. The third-order valence-corrected chi connectivity index (χ3v) is 4.90. The molecule has 0 aliphatic carbocycles. The number of nitrogens with one attached hydrogen (secondary N) is 1. The molecule has 0 bridgehead atoms. The summed E-state index contributed by atoms with van der Waals surface area (Å²) >= 11 is 5.62.